The van der Waals surface area contributed by atoms with Gasteiger partial charge in [-0.3, -0.25) is 10.1 Å². The van der Waals surface area contributed by atoms with Crippen LogP contribution in [0.3, 0.4) is 0 Å². The highest BCUT2D eigenvalue weighted by molar-refractivity contribution is 5.80. The maximum Gasteiger partial charge on any atom is 0.263 e. The zero-order chi connectivity index (χ0) is 6.69. The molecule has 1 atom stereocenters. The molecule has 1 saturated heterocycles. The molecule has 52 valence electrons. The summed E-state index contributed by atoms with van der Waals surface area (Å²) in [6.07, 6.45) is -0.421. The van der Waals surface area contributed by atoms with Gasteiger partial charge in [-0.2, -0.15) is 0 Å². The maximum atomic E-state index is 10.7. The topological polar surface area (TPSA) is 50.4 Å². The van der Waals surface area contributed by atoms with Crippen molar-refractivity contribution in [3.05, 3.63) is 0 Å². The first-order valence-electron chi connectivity index (χ1n) is 2.91. The van der Waals surface area contributed by atoms with Gasteiger partial charge in [0.25, 0.3) is 5.91 Å². The lowest BCUT2D eigenvalue weighted by atomic mass is 10.5. The van der Waals surface area contributed by atoms with Gasteiger partial charge in [-0.25, -0.2) is 0 Å². The predicted octanol–water partition coefficient (Wildman–Crippen LogP) is -1.32. The molecule has 0 aliphatic carbocycles. The van der Waals surface area contributed by atoms with E-state index in [0.29, 0.717) is 6.61 Å². The minimum absolute atomic E-state index is 0.104. The summed E-state index contributed by atoms with van der Waals surface area (Å²) in [4.78, 5) is 10.7. The highest BCUT2D eigenvalue weighted by atomic mass is 16.5. The van der Waals surface area contributed by atoms with Crippen molar-refractivity contribution in [2.75, 3.05) is 20.2 Å². The quantitative estimate of drug-likeness (QED) is 0.463. The van der Waals surface area contributed by atoms with E-state index in [4.69, 9.17) is 4.74 Å². The zero-order valence-electron chi connectivity index (χ0n) is 5.31. The van der Waals surface area contributed by atoms with Gasteiger partial charge in [-0.05, 0) is 0 Å². The van der Waals surface area contributed by atoms with Gasteiger partial charge in [0.15, 0.2) is 6.23 Å². The maximum absolute atomic E-state index is 10.7. The van der Waals surface area contributed by atoms with Crippen LogP contribution in [0.5, 0.6) is 0 Å². The molecule has 4 heteroatoms. The Hall–Kier alpha value is -0.610. The van der Waals surface area contributed by atoms with Gasteiger partial charge in [-0.1, -0.05) is 0 Å². The van der Waals surface area contributed by atoms with Crippen molar-refractivity contribution >= 4 is 5.91 Å². The number of carbonyl (C=O) groups excluding carboxylic acids is 1. The monoisotopic (exact) mass is 130 g/mol. The first-order chi connectivity index (χ1) is 4.34. The van der Waals surface area contributed by atoms with Gasteiger partial charge in [0.1, 0.15) is 0 Å². The van der Waals surface area contributed by atoms with E-state index in [1.807, 2.05) is 0 Å². The summed E-state index contributed by atoms with van der Waals surface area (Å²) in [6, 6.07) is 0. The Morgan fingerprint density at radius 2 is 2.67 bits per heavy atom. The van der Waals surface area contributed by atoms with Gasteiger partial charge < -0.3 is 10.1 Å². The van der Waals surface area contributed by atoms with E-state index in [1.54, 1.807) is 7.05 Å². The van der Waals surface area contributed by atoms with Crippen LogP contribution >= 0.6 is 0 Å². The van der Waals surface area contributed by atoms with E-state index in [9.17, 15) is 4.79 Å². The van der Waals surface area contributed by atoms with Crippen molar-refractivity contribution < 1.29 is 9.53 Å². The van der Waals surface area contributed by atoms with Gasteiger partial charge in [0, 0.05) is 13.6 Å². The second kappa shape index (κ2) is 2.80. The number of ether oxygens (including phenoxy) is 1. The zero-order valence-corrected chi connectivity index (χ0v) is 5.31. The molecule has 0 aromatic rings. The number of nitrogens with one attached hydrogen (secondary N) is 2. The van der Waals surface area contributed by atoms with E-state index in [1.165, 1.54) is 0 Å². The average molecular weight is 130 g/mol. The molecule has 1 aliphatic heterocycles. The minimum atomic E-state index is -0.421. The standard InChI is InChI=1S/C5H10N2O2/c1-6-4(8)5-7-2-3-9-5/h5,7H,2-3H2,1H3,(H,6,8). The lowest BCUT2D eigenvalue weighted by Gasteiger charge is -2.05. The SMILES string of the molecule is CNC(=O)C1NCCO1. The smallest absolute Gasteiger partial charge is 0.263 e. The third-order valence-corrected chi connectivity index (χ3v) is 1.20. The average Bonchev–Trinajstić information content (AvgIpc) is 2.37. The van der Waals surface area contributed by atoms with E-state index < -0.39 is 6.23 Å². The van der Waals surface area contributed by atoms with Gasteiger partial charge in [0.05, 0.1) is 6.61 Å². The van der Waals surface area contributed by atoms with Gasteiger partial charge in [-0.15, -0.1) is 0 Å². The van der Waals surface area contributed by atoms with E-state index in [0.717, 1.165) is 6.54 Å². The second-order valence-corrected chi connectivity index (χ2v) is 1.82. The van der Waals surface area contributed by atoms with Gasteiger partial charge >= 0.3 is 0 Å². The molecule has 0 aromatic heterocycles. The fraction of sp³-hybridized carbons (Fsp3) is 0.800. The van der Waals surface area contributed by atoms with Crippen molar-refractivity contribution in [2.45, 2.75) is 6.23 Å². The van der Waals surface area contributed by atoms with Crippen molar-refractivity contribution in [1.82, 2.24) is 10.6 Å². The molecule has 1 heterocycles. The van der Waals surface area contributed by atoms with Crippen molar-refractivity contribution in [1.29, 1.82) is 0 Å². The Balaban J connectivity index is 2.32. The number of likely N-dealkylation sites (N-methyl/N-ethyl adjacent to an activating group) is 1. The summed E-state index contributed by atoms with van der Waals surface area (Å²) in [5.74, 6) is -0.104. The van der Waals surface area contributed by atoms with Crippen LogP contribution in [0, 0.1) is 0 Å². The number of hydrogen-bond donors (Lipinski definition) is 2. The highest BCUT2D eigenvalue weighted by Gasteiger charge is 2.20. The van der Waals surface area contributed by atoms with Crippen LogP contribution in [0.2, 0.25) is 0 Å². The molecule has 1 rings (SSSR count). The van der Waals surface area contributed by atoms with Crippen LogP contribution in [-0.2, 0) is 9.53 Å². The normalized spacial score (nSPS) is 26.1. The molecule has 1 aliphatic rings. The van der Waals surface area contributed by atoms with Crippen LogP contribution in [0.15, 0.2) is 0 Å². The van der Waals surface area contributed by atoms with Crippen LogP contribution in [0.1, 0.15) is 0 Å². The third-order valence-electron chi connectivity index (χ3n) is 1.20. The molecule has 0 aromatic carbocycles. The second-order valence-electron chi connectivity index (χ2n) is 1.82. The summed E-state index contributed by atoms with van der Waals surface area (Å²) in [7, 11) is 1.59. The Kier molecular flexibility index (Phi) is 2.02. The number of rotatable bonds is 1. The summed E-state index contributed by atoms with van der Waals surface area (Å²) in [5.41, 5.74) is 0. The van der Waals surface area contributed by atoms with E-state index in [-0.39, 0.29) is 5.91 Å². The largest absolute Gasteiger partial charge is 0.356 e. The fourth-order valence-corrected chi connectivity index (χ4v) is 0.725. The third kappa shape index (κ3) is 1.40. The van der Waals surface area contributed by atoms with Gasteiger partial charge in [0.2, 0.25) is 0 Å². The molecular formula is C5H10N2O2. The minimum Gasteiger partial charge on any atom is -0.356 e. The van der Waals surface area contributed by atoms with E-state index >= 15 is 0 Å². The predicted molar refractivity (Wildman–Crippen MR) is 31.8 cm³/mol. The molecular weight excluding hydrogens is 120 g/mol. The molecule has 1 unspecified atom stereocenters. The number of amides is 1. The van der Waals surface area contributed by atoms with Crippen LogP contribution in [-0.4, -0.2) is 32.3 Å². The highest BCUT2D eigenvalue weighted by Crippen LogP contribution is 1.93. The lowest BCUT2D eigenvalue weighted by molar-refractivity contribution is -0.130. The molecule has 1 amide bonds. The Labute approximate surface area is 53.6 Å². The molecule has 4 nitrogen and oxygen atoms in total. The molecule has 0 saturated carbocycles. The van der Waals surface area contributed by atoms with Crippen molar-refractivity contribution in [3.8, 4) is 0 Å². The van der Waals surface area contributed by atoms with E-state index in [2.05, 4.69) is 10.6 Å². The van der Waals surface area contributed by atoms with Crippen LogP contribution in [0.25, 0.3) is 0 Å². The Bertz CT molecular complexity index is 110. The summed E-state index contributed by atoms with van der Waals surface area (Å²) >= 11 is 0. The molecule has 1 fully saturated rings. The van der Waals surface area contributed by atoms with Crippen LogP contribution < -0.4 is 10.6 Å². The molecule has 0 bridgehead atoms. The Morgan fingerprint density at radius 1 is 1.89 bits per heavy atom. The molecule has 2 N–H and O–H groups in total. The molecule has 0 spiro atoms. The molecule has 0 radical (unpaired) electrons. The van der Waals surface area contributed by atoms with Crippen molar-refractivity contribution in [2.24, 2.45) is 0 Å². The summed E-state index contributed by atoms with van der Waals surface area (Å²) in [5, 5.41) is 5.35. The first-order valence-corrected chi connectivity index (χ1v) is 2.91. The summed E-state index contributed by atoms with van der Waals surface area (Å²) < 4.78 is 4.98. The molecule has 9 heavy (non-hydrogen) atoms. The first kappa shape index (κ1) is 6.51. The van der Waals surface area contributed by atoms with Crippen molar-refractivity contribution in [3.63, 3.8) is 0 Å². The lowest BCUT2D eigenvalue weighted by Crippen LogP contribution is -2.39. The number of hydrogen-bond acceptors (Lipinski definition) is 3. The number of carbonyl (C=O) groups is 1. The summed E-state index contributed by atoms with van der Waals surface area (Å²) in [6.45, 7) is 1.39. The van der Waals surface area contributed by atoms with Crippen LogP contribution in [0.4, 0.5) is 0 Å². The fourth-order valence-electron chi connectivity index (χ4n) is 0.725. The Morgan fingerprint density at radius 3 is 3.11 bits per heavy atom.